The van der Waals surface area contributed by atoms with Crippen molar-refractivity contribution in [3.63, 3.8) is 0 Å². The second-order valence-corrected chi connectivity index (χ2v) is 8.87. The fourth-order valence-electron chi connectivity index (χ4n) is 4.27. The Morgan fingerprint density at radius 1 is 1.22 bits per heavy atom. The van der Waals surface area contributed by atoms with Crippen LogP contribution < -0.4 is 4.74 Å². The van der Waals surface area contributed by atoms with E-state index in [2.05, 4.69) is 27.0 Å². The monoisotopic (exact) mass is 445 g/mol. The van der Waals surface area contributed by atoms with Crippen molar-refractivity contribution in [1.82, 2.24) is 24.9 Å². The third-order valence-electron chi connectivity index (χ3n) is 6.30. The highest BCUT2D eigenvalue weighted by Gasteiger charge is 2.41. The number of aryl methyl sites for hydroxylation is 1. The average molecular weight is 446 g/mol. The number of hydrogen-bond donors (Lipinski definition) is 1. The lowest BCUT2D eigenvalue weighted by atomic mass is 9.96. The zero-order valence-corrected chi connectivity index (χ0v) is 18.8. The lowest BCUT2D eigenvalue weighted by molar-refractivity contribution is -0.157. The molecule has 2 saturated heterocycles. The molecule has 1 aromatic carbocycles. The van der Waals surface area contributed by atoms with Crippen LogP contribution in [0.4, 0.5) is 4.39 Å². The lowest BCUT2D eigenvalue weighted by Gasteiger charge is -2.43. The molecule has 1 aromatic heterocycles. The van der Waals surface area contributed by atoms with Crippen LogP contribution in [0.1, 0.15) is 17.7 Å². The van der Waals surface area contributed by atoms with Crippen LogP contribution in [0.5, 0.6) is 5.75 Å². The fourth-order valence-corrected chi connectivity index (χ4v) is 4.27. The van der Waals surface area contributed by atoms with Gasteiger partial charge in [-0.3, -0.25) is 14.8 Å². The molecule has 4 rings (SSSR count). The molecule has 1 amide bonds. The van der Waals surface area contributed by atoms with Crippen LogP contribution in [0, 0.1) is 12.7 Å². The highest BCUT2D eigenvalue weighted by Crippen LogP contribution is 2.27. The van der Waals surface area contributed by atoms with Crippen LogP contribution in [0.2, 0.25) is 0 Å². The summed E-state index contributed by atoms with van der Waals surface area (Å²) in [5.41, 5.74) is 1.40. The van der Waals surface area contributed by atoms with E-state index < -0.39 is 5.60 Å². The van der Waals surface area contributed by atoms with Crippen LogP contribution in [0.3, 0.4) is 0 Å². The van der Waals surface area contributed by atoms with Gasteiger partial charge in [0.2, 0.25) is 5.91 Å². The zero-order valence-electron chi connectivity index (χ0n) is 18.8. The number of piperazine rings is 1. The Hall–Kier alpha value is -2.49. The molecule has 1 atom stereocenters. The Balaban J connectivity index is 1.47. The zero-order chi connectivity index (χ0) is 22.6. The molecule has 9 heteroatoms. The molecule has 8 nitrogen and oxygen atoms in total. The minimum Gasteiger partial charge on any atom is -0.491 e. The first kappa shape index (κ1) is 22.7. The van der Waals surface area contributed by atoms with Crippen molar-refractivity contribution in [3.05, 3.63) is 47.5 Å². The fraction of sp³-hybridized carbons (Fsp3) is 0.565. The van der Waals surface area contributed by atoms with Gasteiger partial charge >= 0.3 is 0 Å². The number of nitrogens with zero attached hydrogens (tertiary/aromatic N) is 4. The van der Waals surface area contributed by atoms with Gasteiger partial charge in [0.1, 0.15) is 23.8 Å². The van der Waals surface area contributed by atoms with E-state index in [0.29, 0.717) is 18.9 Å². The van der Waals surface area contributed by atoms with Crippen molar-refractivity contribution < 1.29 is 18.7 Å². The number of H-pyrrole nitrogens is 1. The summed E-state index contributed by atoms with van der Waals surface area (Å²) in [5.74, 6) is 0.333. The molecule has 2 aliphatic rings. The Labute approximate surface area is 188 Å². The number of nitrogens with one attached hydrogen (secondary N) is 1. The van der Waals surface area contributed by atoms with E-state index in [1.165, 1.54) is 12.1 Å². The summed E-state index contributed by atoms with van der Waals surface area (Å²) in [6, 6.07) is 5.93. The number of carbonyl (C=O) groups is 1. The minimum absolute atomic E-state index is 0.0853. The van der Waals surface area contributed by atoms with Gasteiger partial charge in [0, 0.05) is 57.1 Å². The van der Waals surface area contributed by atoms with E-state index in [1.54, 1.807) is 12.1 Å². The van der Waals surface area contributed by atoms with Gasteiger partial charge in [-0.15, -0.1) is 0 Å². The number of likely N-dealkylation sites (N-methyl/N-ethyl adjacent to an activating group) is 1. The van der Waals surface area contributed by atoms with Crippen molar-refractivity contribution in [2.75, 3.05) is 59.5 Å². The van der Waals surface area contributed by atoms with E-state index in [1.807, 2.05) is 18.0 Å². The normalized spacial score (nSPS) is 22.8. The summed E-state index contributed by atoms with van der Waals surface area (Å²) in [5, 5.41) is 7.10. The molecule has 174 valence electrons. The van der Waals surface area contributed by atoms with Crippen molar-refractivity contribution in [2.45, 2.75) is 25.5 Å². The molecule has 32 heavy (non-hydrogen) atoms. The molecule has 2 fully saturated rings. The summed E-state index contributed by atoms with van der Waals surface area (Å²) in [4.78, 5) is 19.6. The molecule has 0 radical (unpaired) electrons. The quantitative estimate of drug-likeness (QED) is 0.699. The van der Waals surface area contributed by atoms with Crippen molar-refractivity contribution in [1.29, 1.82) is 0 Å². The van der Waals surface area contributed by atoms with Crippen LogP contribution in [-0.2, 0) is 16.1 Å². The summed E-state index contributed by atoms with van der Waals surface area (Å²) in [6.07, 6.45) is 2.09. The van der Waals surface area contributed by atoms with E-state index in [0.717, 1.165) is 50.5 Å². The van der Waals surface area contributed by atoms with Crippen molar-refractivity contribution in [2.24, 2.45) is 0 Å². The smallest absolute Gasteiger partial charge is 0.225 e. The summed E-state index contributed by atoms with van der Waals surface area (Å²) < 4.78 is 25.5. The Morgan fingerprint density at radius 3 is 2.66 bits per heavy atom. The van der Waals surface area contributed by atoms with E-state index >= 15 is 0 Å². The molecule has 1 N–H and O–H groups in total. The van der Waals surface area contributed by atoms with Crippen molar-refractivity contribution >= 4 is 5.91 Å². The number of ether oxygens (including phenoxy) is 2. The third-order valence-corrected chi connectivity index (χ3v) is 6.30. The number of aromatic nitrogens is 2. The Morgan fingerprint density at radius 2 is 1.97 bits per heavy atom. The van der Waals surface area contributed by atoms with Crippen LogP contribution in [0.15, 0.2) is 30.5 Å². The van der Waals surface area contributed by atoms with Crippen LogP contribution in [0.25, 0.3) is 0 Å². The number of halogens is 1. The predicted octanol–water partition coefficient (Wildman–Crippen LogP) is 1.67. The molecule has 0 aliphatic carbocycles. The second kappa shape index (κ2) is 9.97. The summed E-state index contributed by atoms with van der Waals surface area (Å²) >= 11 is 0. The number of aromatic amines is 1. The molecule has 0 bridgehead atoms. The van der Waals surface area contributed by atoms with E-state index in [4.69, 9.17) is 9.47 Å². The Kier molecular flexibility index (Phi) is 7.07. The second-order valence-electron chi connectivity index (χ2n) is 8.87. The number of carbonyl (C=O) groups excluding carboxylic acids is 1. The topological polar surface area (TPSA) is 73.9 Å². The summed E-state index contributed by atoms with van der Waals surface area (Å²) in [7, 11) is 2.07. The van der Waals surface area contributed by atoms with Crippen molar-refractivity contribution in [3.8, 4) is 5.75 Å². The van der Waals surface area contributed by atoms with E-state index in [9.17, 15) is 9.18 Å². The lowest BCUT2D eigenvalue weighted by Crippen LogP contribution is -2.58. The molecule has 2 aliphatic heterocycles. The van der Waals surface area contributed by atoms with Gasteiger partial charge in [-0.05, 0) is 38.2 Å². The first-order valence-electron chi connectivity index (χ1n) is 11.1. The molecule has 0 unspecified atom stereocenters. The van der Waals surface area contributed by atoms with Gasteiger partial charge in [0.25, 0.3) is 0 Å². The van der Waals surface area contributed by atoms with Crippen LogP contribution >= 0.6 is 0 Å². The maximum atomic E-state index is 13.3. The molecule has 3 heterocycles. The summed E-state index contributed by atoms with van der Waals surface area (Å²) in [6.45, 7) is 8.00. The molecular formula is C23H32FN5O3. The largest absolute Gasteiger partial charge is 0.491 e. The number of amides is 1. The standard InChI is InChI=1S/C23H32FN5O3/c1-18-19(14-25-26-18)15-28-11-12-32-23(16-28,17-31-21-5-3-20(24)4-6-21)13-22(30)29-9-7-27(2)8-10-29/h3-6,14H,7-13,15-17H2,1-2H3,(H,25,26)/t23-/m0/s1. The van der Waals surface area contributed by atoms with Gasteiger partial charge < -0.3 is 19.3 Å². The number of morpholine rings is 1. The van der Waals surface area contributed by atoms with Gasteiger partial charge in [-0.1, -0.05) is 0 Å². The molecule has 0 saturated carbocycles. The van der Waals surface area contributed by atoms with E-state index in [-0.39, 0.29) is 24.8 Å². The maximum Gasteiger partial charge on any atom is 0.225 e. The average Bonchev–Trinajstić information content (AvgIpc) is 3.18. The number of hydrogen-bond acceptors (Lipinski definition) is 6. The van der Waals surface area contributed by atoms with Gasteiger partial charge in [0.15, 0.2) is 0 Å². The minimum atomic E-state index is -0.773. The number of benzene rings is 1. The SMILES string of the molecule is Cc1[nH]ncc1CN1CCO[C@@](COc2ccc(F)cc2)(CC(=O)N2CCN(C)CC2)C1. The Bertz CT molecular complexity index is 897. The van der Waals surface area contributed by atoms with Gasteiger partial charge in [-0.25, -0.2) is 4.39 Å². The molecule has 2 aromatic rings. The molecular weight excluding hydrogens is 413 g/mol. The highest BCUT2D eigenvalue weighted by atomic mass is 19.1. The highest BCUT2D eigenvalue weighted by molar-refractivity contribution is 5.77. The third kappa shape index (κ3) is 5.65. The number of rotatable bonds is 7. The van der Waals surface area contributed by atoms with Gasteiger partial charge in [0.05, 0.1) is 19.2 Å². The molecule has 0 spiro atoms. The first-order valence-corrected chi connectivity index (χ1v) is 11.1. The predicted molar refractivity (Wildman–Crippen MR) is 118 cm³/mol. The first-order chi connectivity index (χ1) is 15.4. The maximum absolute atomic E-state index is 13.3. The van der Waals surface area contributed by atoms with Gasteiger partial charge in [-0.2, -0.15) is 5.10 Å². The van der Waals surface area contributed by atoms with Crippen LogP contribution in [-0.4, -0.2) is 95.9 Å².